The van der Waals surface area contributed by atoms with Gasteiger partial charge >= 0.3 is 0 Å². The fourth-order valence-electron chi connectivity index (χ4n) is 1.62. The summed E-state index contributed by atoms with van der Waals surface area (Å²) < 4.78 is 0. The van der Waals surface area contributed by atoms with Gasteiger partial charge in [-0.2, -0.15) is 10.5 Å². The van der Waals surface area contributed by atoms with Crippen LogP contribution in [0, 0.1) is 22.7 Å². The molecule has 2 aromatic carbocycles. The third-order valence-corrected chi connectivity index (χ3v) is 2.38. The predicted molar refractivity (Wildman–Crippen MR) is 68.0 cm³/mol. The summed E-state index contributed by atoms with van der Waals surface area (Å²) in [5.74, 6) is 0. The van der Waals surface area contributed by atoms with Crippen LogP contribution < -0.4 is 0 Å². The second kappa shape index (κ2) is 5.49. The van der Waals surface area contributed by atoms with Crippen molar-refractivity contribution in [2.75, 3.05) is 0 Å². The van der Waals surface area contributed by atoms with Gasteiger partial charge in [-0.3, -0.25) is 0 Å². The highest BCUT2D eigenvalue weighted by Crippen LogP contribution is 2.25. The lowest BCUT2D eigenvalue weighted by Gasteiger charge is -2.04. The summed E-state index contributed by atoms with van der Waals surface area (Å²) in [6.45, 7) is 0. The Labute approximate surface area is 101 Å². The molecule has 82 valence electrons. The Morgan fingerprint density at radius 2 is 1.47 bits per heavy atom. The van der Waals surface area contributed by atoms with E-state index in [1.165, 1.54) is 0 Å². The molecule has 0 aliphatic rings. The van der Waals surface area contributed by atoms with Crippen LogP contribution in [0.15, 0.2) is 48.5 Å². The zero-order valence-electron chi connectivity index (χ0n) is 8.51. The van der Waals surface area contributed by atoms with Crippen LogP contribution in [-0.2, 0) is 0 Å². The zero-order valence-corrected chi connectivity index (χ0v) is 8.51. The van der Waals surface area contributed by atoms with E-state index < -0.39 is 0 Å². The monoisotopic (exact) mass is 220 g/mol. The van der Waals surface area contributed by atoms with Crippen molar-refractivity contribution in [1.29, 1.82) is 10.5 Å². The van der Waals surface area contributed by atoms with E-state index in [4.69, 9.17) is 10.5 Å². The van der Waals surface area contributed by atoms with Gasteiger partial charge in [0.2, 0.25) is 0 Å². The second-order valence-corrected chi connectivity index (χ2v) is 3.32. The van der Waals surface area contributed by atoms with E-state index in [9.17, 15) is 0 Å². The molecule has 0 aliphatic carbocycles. The molecule has 2 heteroatoms. The van der Waals surface area contributed by atoms with Gasteiger partial charge in [-0.15, -0.1) is 0 Å². The van der Waals surface area contributed by atoms with Crippen molar-refractivity contribution < 1.29 is 0 Å². The number of benzene rings is 2. The van der Waals surface area contributed by atoms with Crippen LogP contribution in [0.2, 0.25) is 0 Å². The summed E-state index contributed by atoms with van der Waals surface area (Å²) in [6, 6.07) is 19.0. The minimum Gasteiger partial charge on any atom is -0.192 e. The van der Waals surface area contributed by atoms with Gasteiger partial charge in [0.05, 0.1) is 11.1 Å². The first-order valence-corrected chi connectivity index (χ1v) is 4.85. The average molecular weight is 220 g/mol. The molecule has 0 aliphatic heterocycles. The van der Waals surface area contributed by atoms with Crippen molar-refractivity contribution in [3.63, 3.8) is 0 Å². The summed E-state index contributed by atoms with van der Waals surface area (Å²) in [5.41, 5.74) is 2.62. The fraction of sp³-hybridized carbons (Fsp3) is 0.0667. The van der Waals surface area contributed by atoms with Crippen LogP contribution in [0.1, 0.15) is 18.6 Å². The van der Waals surface area contributed by atoms with E-state index in [1.807, 2.05) is 42.5 Å². The Hall–Kier alpha value is -2.58. The fourth-order valence-corrected chi connectivity index (χ4v) is 1.62. The minimum absolute atomic E-state index is 0. The predicted octanol–water partition coefficient (Wildman–Crippen LogP) is 3.73. The van der Waals surface area contributed by atoms with Crippen LogP contribution in [0.5, 0.6) is 0 Å². The van der Waals surface area contributed by atoms with Crippen molar-refractivity contribution in [2.24, 2.45) is 0 Å². The Bertz CT molecular complexity index is 587. The van der Waals surface area contributed by atoms with Gasteiger partial charge < -0.3 is 0 Å². The third-order valence-electron chi connectivity index (χ3n) is 2.38. The molecule has 0 heterocycles. The van der Waals surface area contributed by atoms with Gasteiger partial charge in [-0.05, 0) is 11.6 Å². The summed E-state index contributed by atoms with van der Waals surface area (Å²) in [5, 5.41) is 18.0. The van der Waals surface area contributed by atoms with E-state index >= 15 is 0 Å². The first-order valence-electron chi connectivity index (χ1n) is 4.85. The van der Waals surface area contributed by atoms with Gasteiger partial charge in [0.25, 0.3) is 0 Å². The summed E-state index contributed by atoms with van der Waals surface area (Å²) in [7, 11) is 0. The maximum atomic E-state index is 9.09. The lowest BCUT2D eigenvalue weighted by atomic mass is 9.97. The Morgan fingerprint density at radius 1 is 0.765 bits per heavy atom. The van der Waals surface area contributed by atoms with E-state index in [1.54, 1.807) is 12.1 Å². The molecule has 0 spiro atoms. The SMILES string of the molecule is C.N#Cc1cccc(-c2ccccc2)c1C#N. The molecule has 2 aromatic rings. The van der Waals surface area contributed by atoms with Crippen LogP contribution in [0.25, 0.3) is 11.1 Å². The van der Waals surface area contributed by atoms with E-state index in [0.717, 1.165) is 11.1 Å². The van der Waals surface area contributed by atoms with Gasteiger partial charge in [-0.1, -0.05) is 49.9 Å². The minimum atomic E-state index is 0. The Morgan fingerprint density at radius 3 is 2.06 bits per heavy atom. The zero-order chi connectivity index (χ0) is 11.4. The molecule has 0 unspecified atom stereocenters. The van der Waals surface area contributed by atoms with Gasteiger partial charge in [0, 0.05) is 5.56 Å². The van der Waals surface area contributed by atoms with Crippen molar-refractivity contribution >= 4 is 0 Å². The number of rotatable bonds is 1. The number of nitrogens with zero attached hydrogens (tertiary/aromatic N) is 2. The molecule has 0 radical (unpaired) electrons. The Balaban J connectivity index is 0.00000144. The second-order valence-electron chi connectivity index (χ2n) is 3.32. The largest absolute Gasteiger partial charge is 0.192 e. The molecular weight excluding hydrogens is 208 g/mol. The Kier molecular flexibility index (Phi) is 4.03. The molecule has 0 N–H and O–H groups in total. The van der Waals surface area contributed by atoms with Crippen LogP contribution in [0.3, 0.4) is 0 Å². The topological polar surface area (TPSA) is 47.6 Å². The maximum Gasteiger partial charge on any atom is 0.101 e. The third kappa shape index (κ3) is 2.33. The van der Waals surface area contributed by atoms with Crippen molar-refractivity contribution in [3.05, 3.63) is 59.7 Å². The molecule has 0 saturated carbocycles. The molecule has 2 nitrogen and oxygen atoms in total. The molecule has 0 fully saturated rings. The van der Waals surface area contributed by atoms with Crippen LogP contribution >= 0.6 is 0 Å². The van der Waals surface area contributed by atoms with Gasteiger partial charge in [0.15, 0.2) is 0 Å². The highest BCUT2D eigenvalue weighted by atomic mass is 14.3. The highest BCUT2D eigenvalue weighted by Gasteiger charge is 2.08. The standard InChI is InChI=1S/C14H8N2.CH4/c15-9-12-7-4-8-13(14(12)10-16)11-5-2-1-3-6-11;/h1-8H;1H4. The molecule has 0 amide bonds. The van der Waals surface area contributed by atoms with E-state index in [0.29, 0.717) is 11.1 Å². The molecular formula is C15H12N2. The van der Waals surface area contributed by atoms with Crippen molar-refractivity contribution in [3.8, 4) is 23.3 Å². The van der Waals surface area contributed by atoms with Crippen LogP contribution in [0.4, 0.5) is 0 Å². The number of hydrogen-bond acceptors (Lipinski definition) is 2. The lowest BCUT2D eigenvalue weighted by molar-refractivity contribution is 1.43. The maximum absolute atomic E-state index is 9.09. The molecule has 2 rings (SSSR count). The molecule has 0 saturated heterocycles. The summed E-state index contributed by atoms with van der Waals surface area (Å²) >= 11 is 0. The van der Waals surface area contributed by atoms with Crippen molar-refractivity contribution in [2.45, 2.75) is 7.43 Å². The van der Waals surface area contributed by atoms with Gasteiger partial charge in [0.1, 0.15) is 12.1 Å². The molecule has 0 atom stereocenters. The average Bonchev–Trinajstić information content (AvgIpc) is 2.38. The molecule has 17 heavy (non-hydrogen) atoms. The van der Waals surface area contributed by atoms with E-state index in [-0.39, 0.29) is 7.43 Å². The number of nitriles is 2. The quantitative estimate of drug-likeness (QED) is 0.735. The summed E-state index contributed by atoms with van der Waals surface area (Å²) in [6.07, 6.45) is 0. The lowest BCUT2D eigenvalue weighted by Crippen LogP contribution is -1.88. The molecule has 0 bridgehead atoms. The molecule has 0 aromatic heterocycles. The first-order chi connectivity index (χ1) is 7.86. The summed E-state index contributed by atoms with van der Waals surface area (Å²) in [4.78, 5) is 0. The first kappa shape index (κ1) is 12.5. The van der Waals surface area contributed by atoms with E-state index in [2.05, 4.69) is 6.07 Å². The van der Waals surface area contributed by atoms with Crippen molar-refractivity contribution in [1.82, 2.24) is 0 Å². The van der Waals surface area contributed by atoms with Gasteiger partial charge in [-0.25, -0.2) is 0 Å². The van der Waals surface area contributed by atoms with Crippen LogP contribution in [-0.4, -0.2) is 0 Å². The highest BCUT2D eigenvalue weighted by molar-refractivity contribution is 5.73. The number of hydrogen-bond donors (Lipinski definition) is 0. The smallest absolute Gasteiger partial charge is 0.101 e. The normalized spacial score (nSPS) is 8.59.